The number of carbonyl (C=O) groups excluding carboxylic acids is 1. The minimum Gasteiger partial charge on any atom is -0.355 e. The molecule has 3 rings (SSSR count). The number of hydrogen-bond donors (Lipinski definition) is 1. The highest BCUT2D eigenvalue weighted by Crippen LogP contribution is 2.24. The van der Waals surface area contributed by atoms with E-state index in [1.54, 1.807) is 11.8 Å². The van der Waals surface area contributed by atoms with Crippen LogP contribution in [0.5, 0.6) is 0 Å². The van der Waals surface area contributed by atoms with Crippen molar-refractivity contribution < 1.29 is 4.79 Å². The van der Waals surface area contributed by atoms with Crippen LogP contribution in [0.25, 0.3) is 0 Å². The van der Waals surface area contributed by atoms with Crippen molar-refractivity contribution in [2.24, 2.45) is 0 Å². The molecule has 1 amide bonds. The van der Waals surface area contributed by atoms with Crippen LogP contribution in [0, 0.1) is 11.3 Å². The maximum atomic E-state index is 12.1. The molecule has 0 radical (unpaired) electrons. The Balaban J connectivity index is 1.35. The lowest BCUT2D eigenvalue weighted by molar-refractivity contribution is -0.118. The van der Waals surface area contributed by atoms with Gasteiger partial charge in [0.25, 0.3) is 0 Å². The average molecular weight is 423 g/mol. The lowest BCUT2D eigenvalue weighted by Crippen LogP contribution is -2.47. The Labute approximate surface area is 184 Å². The van der Waals surface area contributed by atoms with Crippen LogP contribution in [0.3, 0.4) is 0 Å². The Hall–Kier alpha value is -2.33. The van der Waals surface area contributed by atoms with Gasteiger partial charge in [-0.1, -0.05) is 42.5 Å². The van der Waals surface area contributed by atoms with E-state index in [0.717, 1.165) is 43.9 Å². The smallest absolute Gasteiger partial charge is 0.230 e. The molecule has 1 saturated heterocycles. The van der Waals surface area contributed by atoms with Gasteiger partial charge in [0.1, 0.15) is 0 Å². The first-order chi connectivity index (χ1) is 14.7. The van der Waals surface area contributed by atoms with Crippen molar-refractivity contribution in [1.82, 2.24) is 15.1 Å². The Morgan fingerprint density at radius 2 is 1.93 bits per heavy atom. The van der Waals surface area contributed by atoms with Crippen LogP contribution >= 0.6 is 11.8 Å². The zero-order valence-electron chi connectivity index (χ0n) is 17.6. The van der Waals surface area contributed by atoms with Crippen LogP contribution < -0.4 is 5.32 Å². The molecule has 6 heteroatoms. The van der Waals surface area contributed by atoms with E-state index in [1.165, 1.54) is 5.56 Å². The van der Waals surface area contributed by atoms with Crippen LogP contribution in [0.4, 0.5) is 0 Å². The van der Waals surface area contributed by atoms with Crippen molar-refractivity contribution >= 4 is 17.7 Å². The van der Waals surface area contributed by atoms with E-state index >= 15 is 0 Å². The lowest BCUT2D eigenvalue weighted by Gasteiger charge is -2.40. The molecule has 158 valence electrons. The number of hydrogen-bond acceptors (Lipinski definition) is 5. The van der Waals surface area contributed by atoms with Crippen LogP contribution in [0.1, 0.15) is 29.2 Å². The first kappa shape index (κ1) is 22.4. The summed E-state index contributed by atoms with van der Waals surface area (Å²) >= 11 is 1.60. The van der Waals surface area contributed by atoms with Gasteiger partial charge in [0.15, 0.2) is 0 Å². The summed E-state index contributed by atoms with van der Waals surface area (Å²) in [7, 11) is 2.18. The van der Waals surface area contributed by atoms with Gasteiger partial charge >= 0.3 is 0 Å². The number of rotatable bonds is 9. The summed E-state index contributed by atoms with van der Waals surface area (Å²) in [5.74, 6) is 1.33. The molecule has 0 aromatic heterocycles. The minimum atomic E-state index is 0.0895. The average Bonchev–Trinajstić information content (AvgIpc) is 2.78. The highest BCUT2D eigenvalue weighted by molar-refractivity contribution is 7.99. The van der Waals surface area contributed by atoms with Gasteiger partial charge in [-0.3, -0.25) is 9.69 Å². The number of nitrogens with one attached hydrogen (secondary N) is 1. The van der Waals surface area contributed by atoms with Crippen LogP contribution in [0.15, 0.2) is 54.6 Å². The summed E-state index contributed by atoms with van der Waals surface area (Å²) in [4.78, 5) is 17.1. The van der Waals surface area contributed by atoms with Crippen molar-refractivity contribution in [3.8, 4) is 6.07 Å². The van der Waals surface area contributed by atoms with Gasteiger partial charge in [0.2, 0.25) is 5.91 Å². The summed E-state index contributed by atoms with van der Waals surface area (Å²) in [6.45, 7) is 4.89. The molecule has 1 aliphatic rings. The molecule has 1 unspecified atom stereocenters. The van der Waals surface area contributed by atoms with Gasteiger partial charge in [-0.15, -0.1) is 11.8 Å². The number of nitriles is 1. The fourth-order valence-electron chi connectivity index (χ4n) is 3.71. The number of likely N-dealkylation sites (N-methyl/N-ethyl adjacent to an activating group) is 1. The predicted octanol–water partition coefficient (Wildman–Crippen LogP) is 3.29. The van der Waals surface area contributed by atoms with Crippen LogP contribution in [0.2, 0.25) is 0 Å². The van der Waals surface area contributed by atoms with Crippen molar-refractivity contribution in [3.05, 3.63) is 71.3 Å². The molecule has 30 heavy (non-hydrogen) atoms. The zero-order valence-corrected chi connectivity index (χ0v) is 18.4. The normalized spacial score (nSPS) is 17.4. The lowest BCUT2D eigenvalue weighted by atomic mass is 10.0. The number of piperazine rings is 1. The van der Waals surface area contributed by atoms with E-state index in [0.29, 0.717) is 23.9 Å². The summed E-state index contributed by atoms with van der Waals surface area (Å²) < 4.78 is 0. The Kier molecular flexibility index (Phi) is 8.76. The first-order valence-corrected chi connectivity index (χ1v) is 11.6. The van der Waals surface area contributed by atoms with E-state index in [1.807, 2.05) is 24.3 Å². The molecule has 1 aliphatic heterocycles. The van der Waals surface area contributed by atoms with Crippen LogP contribution in [-0.2, 0) is 10.5 Å². The van der Waals surface area contributed by atoms with Crippen LogP contribution in [-0.4, -0.2) is 61.2 Å². The second-order valence-electron chi connectivity index (χ2n) is 7.73. The molecule has 1 atom stereocenters. The van der Waals surface area contributed by atoms with Gasteiger partial charge in [-0.25, -0.2) is 0 Å². The minimum absolute atomic E-state index is 0.0895. The second kappa shape index (κ2) is 11.8. The SMILES string of the molecule is CN1CCN(CCCNC(=O)CSCc2ccc(C#N)cc2)C(c2ccccc2)C1. The van der Waals surface area contributed by atoms with E-state index in [2.05, 4.69) is 58.6 Å². The largest absolute Gasteiger partial charge is 0.355 e. The quantitative estimate of drug-likeness (QED) is 0.629. The number of thioether (sulfide) groups is 1. The van der Waals surface area contributed by atoms with Crippen molar-refractivity contribution in [2.45, 2.75) is 18.2 Å². The molecule has 0 bridgehead atoms. The molecule has 1 fully saturated rings. The Morgan fingerprint density at radius 3 is 2.67 bits per heavy atom. The Bertz CT molecular complexity index is 835. The molecule has 1 heterocycles. The third kappa shape index (κ3) is 6.88. The summed E-state index contributed by atoms with van der Waals surface area (Å²) in [6, 6.07) is 20.8. The first-order valence-electron chi connectivity index (χ1n) is 10.5. The molecular formula is C24H30N4OS. The van der Waals surface area contributed by atoms with Gasteiger partial charge in [0.05, 0.1) is 17.4 Å². The predicted molar refractivity (Wildman–Crippen MR) is 123 cm³/mol. The van der Waals surface area contributed by atoms with Crippen molar-refractivity contribution in [3.63, 3.8) is 0 Å². The standard InChI is InChI=1S/C24H30N4OS/c1-27-14-15-28(23(17-27)22-6-3-2-4-7-22)13-5-12-26-24(29)19-30-18-21-10-8-20(16-25)9-11-21/h2-4,6-11,23H,5,12-15,17-19H2,1H3,(H,26,29). The summed E-state index contributed by atoms with van der Waals surface area (Å²) in [6.07, 6.45) is 0.957. The van der Waals surface area contributed by atoms with Crippen molar-refractivity contribution in [2.75, 3.05) is 45.5 Å². The molecule has 2 aromatic rings. The second-order valence-corrected chi connectivity index (χ2v) is 8.72. The van der Waals surface area contributed by atoms with E-state index in [-0.39, 0.29) is 5.91 Å². The third-order valence-corrected chi connectivity index (χ3v) is 6.41. The Morgan fingerprint density at radius 1 is 1.17 bits per heavy atom. The molecular weight excluding hydrogens is 392 g/mol. The fourth-order valence-corrected chi connectivity index (χ4v) is 4.53. The van der Waals surface area contributed by atoms with Gasteiger partial charge < -0.3 is 10.2 Å². The van der Waals surface area contributed by atoms with Crippen molar-refractivity contribution in [1.29, 1.82) is 5.26 Å². The fraction of sp³-hybridized carbons (Fsp3) is 0.417. The monoisotopic (exact) mass is 422 g/mol. The summed E-state index contributed by atoms with van der Waals surface area (Å²) in [5, 5.41) is 11.9. The molecule has 5 nitrogen and oxygen atoms in total. The summed E-state index contributed by atoms with van der Waals surface area (Å²) in [5.41, 5.74) is 3.16. The van der Waals surface area contributed by atoms with E-state index < -0.39 is 0 Å². The maximum absolute atomic E-state index is 12.1. The molecule has 2 aromatic carbocycles. The zero-order chi connectivity index (χ0) is 21.2. The van der Waals surface area contributed by atoms with E-state index in [9.17, 15) is 4.79 Å². The number of nitrogens with zero attached hydrogens (tertiary/aromatic N) is 3. The maximum Gasteiger partial charge on any atom is 0.230 e. The molecule has 0 aliphatic carbocycles. The molecule has 0 spiro atoms. The molecule has 0 saturated carbocycles. The number of carbonyl (C=O) groups is 1. The number of amides is 1. The highest BCUT2D eigenvalue weighted by atomic mass is 32.2. The number of benzene rings is 2. The van der Waals surface area contributed by atoms with Gasteiger partial charge in [-0.2, -0.15) is 5.26 Å². The highest BCUT2D eigenvalue weighted by Gasteiger charge is 2.25. The van der Waals surface area contributed by atoms with E-state index in [4.69, 9.17) is 5.26 Å². The van der Waals surface area contributed by atoms with Gasteiger partial charge in [0, 0.05) is 44.5 Å². The van der Waals surface area contributed by atoms with Gasteiger partial charge in [-0.05, 0) is 36.7 Å². The third-order valence-electron chi connectivity index (χ3n) is 5.41. The topological polar surface area (TPSA) is 59.4 Å². The molecule has 1 N–H and O–H groups in total.